The van der Waals surface area contributed by atoms with Gasteiger partial charge >= 0.3 is 5.97 Å². The third-order valence-electron chi connectivity index (χ3n) is 4.52. The molecule has 1 fully saturated rings. The Kier molecular flexibility index (Phi) is 8.46. The Balaban J connectivity index is 0.00000261. The van der Waals surface area contributed by atoms with Crippen LogP contribution in [0.25, 0.3) is 0 Å². The van der Waals surface area contributed by atoms with Crippen molar-refractivity contribution in [3.05, 3.63) is 23.8 Å². The van der Waals surface area contributed by atoms with Crippen LogP contribution in [-0.4, -0.2) is 49.9 Å². The van der Waals surface area contributed by atoms with Gasteiger partial charge in [0.25, 0.3) is 0 Å². The van der Waals surface area contributed by atoms with Crippen LogP contribution < -0.4 is 14.8 Å². The molecule has 1 aromatic carbocycles. The third kappa shape index (κ3) is 5.63. The summed E-state index contributed by atoms with van der Waals surface area (Å²) in [6.07, 6.45) is 1.83. The number of rotatable bonds is 5. The molecule has 1 atom stereocenters. The molecule has 0 bridgehead atoms. The topological polar surface area (TPSA) is 72.4 Å². The fourth-order valence-corrected chi connectivity index (χ4v) is 3.25. The Morgan fingerprint density at radius 3 is 2.93 bits per heavy atom. The molecular formula is C19H28IN3O4. The second-order valence-electron chi connectivity index (χ2n) is 6.39. The first-order valence-corrected chi connectivity index (χ1v) is 9.29. The van der Waals surface area contributed by atoms with Gasteiger partial charge in [0.15, 0.2) is 17.5 Å². The standard InChI is InChI=1S/C19H27N3O4.HI/c1-3-20-19(22-9-5-6-15(12-22)18(23)24-4-2)21-11-14-7-8-16-17(10-14)26-13-25-16;/h7-8,10,15H,3-6,9,11-13H2,1-2H3,(H,20,21);1H. The predicted octanol–water partition coefficient (Wildman–Crippen LogP) is 2.77. The zero-order valence-corrected chi connectivity index (χ0v) is 18.2. The number of aliphatic imine (C=N–C) groups is 1. The average molecular weight is 489 g/mol. The molecule has 1 saturated heterocycles. The third-order valence-corrected chi connectivity index (χ3v) is 4.52. The highest BCUT2D eigenvalue weighted by Gasteiger charge is 2.28. The molecule has 1 N–H and O–H groups in total. The van der Waals surface area contributed by atoms with Crippen LogP contribution in [0.5, 0.6) is 11.5 Å². The quantitative estimate of drug-likeness (QED) is 0.297. The molecule has 8 heteroatoms. The highest BCUT2D eigenvalue weighted by Crippen LogP contribution is 2.32. The van der Waals surface area contributed by atoms with E-state index >= 15 is 0 Å². The lowest BCUT2D eigenvalue weighted by Gasteiger charge is -2.34. The molecule has 0 aromatic heterocycles. The molecule has 2 aliphatic rings. The minimum atomic E-state index is -0.108. The van der Waals surface area contributed by atoms with E-state index in [4.69, 9.17) is 19.2 Å². The lowest BCUT2D eigenvalue weighted by Crippen LogP contribution is -2.48. The summed E-state index contributed by atoms with van der Waals surface area (Å²) in [6, 6.07) is 5.88. The van der Waals surface area contributed by atoms with E-state index in [-0.39, 0.29) is 42.7 Å². The average Bonchev–Trinajstić information content (AvgIpc) is 3.13. The number of halogens is 1. The van der Waals surface area contributed by atoms with E-state index in [1.807, 2.05) is 32.0 Å². The number of nitrogens with one attached hydrogen (secondary N) is 1. The molecule has 1 unspecified atom stereocenters. The molecule has 0 spiro atoms. The van der Waals surface area contributed by atoms with Gasteiger partial charge in [-0.1, -0.05) is 6.07 Å². The number of carbonyl (C=O) groups is 1. The molecule has 2 heterocycles. The predicted molar refractivity (Wildman–Crippen MR) is 114 cm³/mol. The van der Waals surface area contributed by atoms with Gasteiger partial charge in [-0.15, -0.1) is 24.0 Å². The first-order chi connectivity index (χ1) is 12.7. The molecule has 2 aliphatic heterocycles. The van der Waals surface area contributed by atoms with Crippen LogP contribution in [0, 0.1) is 5.92 Å². The van der Waals surface area contributed by atoms with Crippen LogP contribution >= 0.6 is 24.0 Å². The maximum Gasteiger partial charge on any atom is 0.310 e. The number of likely N-dealkylation sites (tertiary alicyclic amines) is 1. The van der Waals surface area contributed by atoms with Crippen molar-refractivity contribution >= 4 is 35.9 Å². The number of hydrogen-bond acceptors (Lipinski definition) is 5. The van der Waals surface area contributed by atoms with Crippen LogP contribution in [-0.2, 0) is 16.1 Å². The van der Waals surface area contributed by atoms with Crippen LogP contribution in [0.15, 0.2) is 23.2 Å². The van der Waals surface area contributed by atoms with Gasteiger partial charge in [0.05, 0.1) is 19.1 Å². The number of ether oxygens (including phenoxy) is 3. The van der Waals surface area contributed by atoms with E-state index in [1.165, 1.54) is 0 Å². The van der Waals surface area contributed by atoms with Gasteiger partial charge in [0, 0.05) is 19.6 Å². The van der Waals surface area contributed by atoms with Gasteiger partial charge in [0.1, 0.15) is 0 Å². The number of hydrogen-bond donors (Lipinski definition) is 1. The Morgan fingerprint density at radius 2 is 2.15 bits per heavy atom. The lowest BCUT2D eigenvalue weighted by atomic mass is 9.98. The smallest absolute Gasteiger partial charge is 0.310 e. The largest absolute Gasteiger partial charge is 0.466 e. The van der Waals surface area contributed by atoms with Gasteiger partial charge < -0.3 is 24.4 Å². The molecule has 0 radical (unpaired) electrons. The summed E-state index contributed by atoms with van der Waals surface area (Å²) in [5.41, 5.74) is 1.06. The van der Waals surface area contributed by atoms with E-state index in [1.54, 1.807) is 0 Å². The summed E-state index contributed by atoms with van der Waals surface area (Å²) >= 11 is 0. The SMILES string of the molecule is CCNC(=NCc1ccc2c(c1)OCO2)N1CCCC(C(=O)OCC)C1.I. The van der Waals surface area contributed by atoms with Crippen molar-refractivity contribution in [3.63, 3.8) is 0 Å². The molecule has 0 saturated carbocycles. The van der Waals surface area contributed by atoms with Crippen molar-refractivity contribution in [2.24, 2.45) is 10.9 Å². The Hall–Kier alpha value is -1.71. The minimum absolute atomic E-state index is 0. The van der Waals surface area contributed by atoms with Crippen molar-refractivity contribution in [2.75, 3.05) is 33.0 Å². The zero-order valence-electron chi connectivity index (χ0n) is 15.9. The number of carbonyl (C=O) groups excluding carboxylic acids is 1. The van der Waals surface area contributed by atoms with E-state index in [2.05, 4.69) is 10.2 Å². The van der Waals surface area contributed by atoms with Gasteiger partial charge in [-0.2, -0.15) is 0 Å². The Morgan fingerprint density at radius 1 is 1.33 bits per heavy atom. The van der Waals surface area contributed by atoms with Crippen molar-refractivity contribution < 1.29 is 19.0 Å². The van der Waals surface area contributed by atoms with Crippen LogP contribution in [0.3, 0.4) is 0 Å². The first kappa shape index (κ1) is 21.6. The lowest BCUT2D eigenvalue weighted by molar-refractivity contribution is -0.149. The van der Waals surface area contributed by atoms with Gasteiger partial charge in [0.2, 0.25) is 6.79 Å². The van der Waals surface area contributed by atoms with Gasteiger partial charge in [-0.25, -0.2) is 4.99 Å². The molecule has 1 aromatic rings. The minimum Gasteiger partial charge on any atom is -0.466 e. The fraction of sp³-hybridized carbons (Fsp3) is 0.579. The van der Waals surface area contributed by atoms with Crippen molar-refractivity contribution in [1.82, 2.24) is 10.2 Å². The molecule has 0 amide bonds. The maximum atomic E-state index is 12.1. The number of esters is 1. The summed E-state index contributed by atoms with van der Waals surface area (Å²) in [4.78, 5) is 19.0. The van der Waals surface area contributed by atoms with Gasteiger partial charge in [-0.05, 0) is 44.4 Å². The van der Waals surface area contributed by atoms with E-state index in [0.29, 0.717) is 19.7 Å². The number of fused-ring (bicyclic) bond motifs is 1. The highest BCUT2D eigenvalue weighted by atomic mass is 127. The number of piperidine rings is 1. The second-order valence-corrected chi connectivity index (χ2v) is 6.39. The monoisotopic (exact) mass is 489 g/mol. The molecule has 27 heavy (non-hydrogen) atoms. The van der Waals surface area contributed by atoms with Crippen LogP contribution in [0.1, 0.15) is 32.3 Å². The summed E-state index contributed by atoms with van der Waals surface area (Å²) < 4.78 is 16.0. The zero-order chi connectivity index (χ0) is 18.4. The van der Waals surface area contributed by atoms with Gasteiger partial charge in [-0.3, -0.25) is 4.79 Å². The molecule has 3 rings (SSSR count). The fourth-order valence-electron chi connectivity index (χ4n) is 3.25. The van der Waals surface area contributed by atoms with E-state index in [0.717, 1.165) is 49.0 Å². The molecule has 7 nitrogen and oxygen atoms in total. The molecule has 0 aliphatic carbocycles. The number of benzene rings is 1. The highest BCUT2D eigenvalue weighted by molar-refractivity contribution is 14.0. The van der Waals surface area contributed by atoms with E-state index < -0.39 is 0 Å². The van der Waals surface area contributed by atoms with Crippen LogP contribution in [0.4, 0.5) is 0 Å². The first-order valence-electron chi connectivity index (χ1n) is 9.29. The van der Waals surface area contributed by atoms with Crippen molar-refractivity contribution in [3.8, 4) is 11.5 Å². The summed E-state index contributed by atoms with van der Waals surface area (Å²) in [5, 5.41) is 3.33. The van der Waals surface area contributed by atoms with Crippen LogP contribution in [0.2, 0.25) is 0 Å². The normalized spacial score (nSPS) is 18.7. The second kappa shape index (κ2) is 10.6. The number of guanidine groups is 1. The summed E-state index contributed by atoms with van der Waals surface area (Å²) in [7, 11) is 0. The summed E-state index contributed by atoms with van der Waals surface area (Å²) in [6.45, 7) is 7.44. The molecule has 150 valence electrons. The Bertz CT molecular complexity index is 668. The Labute approximate surface area is 177 Å². The summed E-state index contributed by atoms with van der Waals surface area (Å²) in [5.74, 6) is 2.18. The van der Waals surface area contributed by atoms with Crippen molar-refractivity contribution in [2.45, 2.75) is 33.2 Å². The molecular weight excluding hydrogens is 461 g/mol. The van der Waals surface area contributed by atoms with Crippen molar-refractivity contribution in [1.29, 1.82) is 0 Å². The van der Waals surface area contributed by atoms with E-state index in [9.17, 15) is 4.79 Å². The number of nitrogens with zero attached hydrogens (tertiary/aromatic N) is 2. The maximum absolute atomic E-state index is 12.1.